The van der Waals surface area contributed by atoms with Crippen LogP contribution in [0.15, 0.2) is 36.4 Å². The van der Waals surface area contributed by atoms with Crippen LogP contribution in [0.3, 0.4) is 0 Å². The number of aryl methyl sites for hydroxylation is 2. The van der Waals surface area contributed by atoms with Crippen molar-refractivity contribution in [2.24, 2.45) is 0 Å². The fraction of sp³-hybridized carbons (Fsp3) is 0.235. The van der Waals surface area contributed by atoms with Gasteiger partial charge in [0, 0.05) is 0 Å². The number of hydrogen-bond donors (Lipinski definition) is 2. The Bertz CT molecular complexity index is 664. The standard InChI is InChI=1S/C17H18F2N2O2/c1-11-8-12(2)10-13(9-11)23-7-6-20-17(22)21-16-14(18)4-3-5-15(16)19/h3-5,8-10H,6-7H2,1-2H3,(H2,20,21,22). The summed E-state index contributed by atoms with van der Waals surface area (Å²) in [6.07, 6.45) is 0. The highest BCUT2D eigenvalue weighted by atomic mass is 19.1. The Hall–Kier alpha value is -2.63. The first-order valence-electron chi connectivity index (χ1n) is 7.15. The Morgan fingerprint density at radius 2 is 1.70 bits per heavy atom. The van der Waals surface area contributed by atoms with Crippen LogP contribution in [-0.2, 0) is 0 Å². The molecule has 2 amide bonds. The maximum Gasteiger partial charge on any atom is 0.319 e. The van der Waals surface area contributed by atoms with Gasteiger partial charge in [-0.3, -0.25) is 0 Å². The summed E-state index contributed by atoms with van der Waals surface area (Å²) >= 11 is 0. The van der Waals surface area contributed by atoms with E-state index < -0.39 is 23.4 Å². The molecular weight excluding hydrogens is 302 g/mol. The average molecular weight is 320 g/mol. The number of carbonyl (C=O) groups excluding carboxylic acids is 1. The Morgan fingerprint density at radius 1 is 1.09 bits per heavy atom. The van der Waals surface area contributed by atoms with Crippen molar-refractivity contribution in [3.05, 3.63) is 59.2 Å². The summed E-state index contributed by atoms with van der Waals surface area (Å²) in [4.78, 5) is 11.6. The van der Waals surface area contributed by atoms with Gasteiger partial charge in [0.15, 0.2) is 0 Å². The van der Waals surface area contributed by atoms with Gasteiger partial charge < -0.3 is 15.4 Å². The molecule has 0 saturated heterocycles. The lowest BCUT2D eigenvalue weighted by molar-refractivity contribution is 0.247. The summed E-state index contributed by atoms with van der Waals surface area (Å²) in [5.41, 5.74) is 1.70. The Labute approximate surface area is 133 Å². The third-order valence-electron chi connectivity index (χ3n) is 3.05. The maximum atomic E-state index is 13.4. The van der Waals surface area contributed by atoms with Gasteiger partial charge in [0.2, 0.25) is 0 Å². The first-order chi connectivity index (χ1) is 11.0. The predicted molar refractivity (Wildman–Crippen MR) is 84.8 cm³/mol. The fourth-order valence-electron chi connectivity index (χ4n) is 2.12. The van der Waals surface area contributed by atoms with Crippen LogP contribution >= 0.6 is 0 Å². The third kappa shape index (κ3) is 4.95. The van der Waals surface area contributed by atoms with Gasteiger partial charge in [0.25, 0.3) is 0 Å². The molecule has 6 heteroatoms. The SMILES string of the molecule is Cc1cc(C)cc(OCCNC(=O)Nc2c(F)cccc2F)c1. The van der Waals surface area contributed by atoms with Crippen molar-refractivity contribution in [1.82, 2.24) is 5.32 Å². The molecule has 2 aromatic carbocycles. The van der Waals surface area contributed by atoms with E-state index in [9.17, 15) is 13.6 Å². The summed E-state index contributed by atoms with van der Waals surface area (Å²) in [6.45, 7) is 4.38. The van der Waals surface area contributed by atoms with Crippen molar-refractivity contribution in [2.45, 2.75) is 13.8 Å². The Morgan fingerprint density at radius 3 is 2.30 bits per heavy atom. The molecular formula is C17H18F2N2O2. The van der Waals surface area contributed by atoms with E-state index in [0.717, 1.165) is 23.3 Å². The highest BCUT2D eigenvalue weighted by Gasteiger charge is 2.11. The minimum Gasteiger partial charge on any atom is -0.492 e. The van der Waals surface area contributed by atoms with E-state index in [-0.39, 0.29) is 13.2 Å². The van der Waals surface area contributed by atoms with Crippen LogP contribution in [0.5, 0.6) is 5.75 Å². The Balaban J connectivity index is 1.79. The van der Waals surface area contributed by atoms with Gasteiger partial charge in [-0.1, -0.05) is 12.1 Å². The first kappa shape index (κ1) is 16.7. The number of anilines is 1. The van der Waals surface area contributed by atoms with Gasteiger partial charge in [-0.15, -0.1) is 0 Å². The molecule has 0 radical (unpaired) electrons. The number of hydrogen-bond acceptors (Lipinski definition) is 2. The molecule has 0 aromatic heterocycles. The Kier molecular flexibility index (Phi) is 5.51. The lowest BCUT2D eigenvalue weighted by atomic mass is 10.1. The first-order valence-corrected chi connectivity index (χ1v) is 7.15. The molecule has 0 heterocycles. The number of carbonyl (C=O) groups is 1. The van der Waals surface area contributed by atoms with Gasteiger partial charge in [-0.2, -0.15) is 0 Å². The summed E-state index contributed by atoms with van der Waals surface area (Å²) in [5.74, 6) is -0.942. The monoisotopic (exact) mass is 320 g/mol. The predicted octanol–water partition coefficient (Wildman–Crippen LogP) is 3.78. The molecule has 0 fully saturated rings. The maximum absolute atomic E-state index is 13.4. The molecule has 23 heavy (non-hydrogen) atoms. The van der Waals surface area contributed by atoms with Crippen molar-refractivity contribution >= 4 is 11.7 Å². The van der Waals surface area contributed by atoms with Crippen LogP contribution in [0.25, 0.3) is 0 Å². The number of para-hydroxylation sites is 1. The lowest BCUT2D eigenvalue weighted by Crippen LogP contribution is -2.32. The number of ether oxygens (including phenoxy) is 1. The zero-order valence-electron chi connectivity index (χ0n) is 13.0. The number of rotatable bonds is 5. The minimum atomic E-state index is -0.827. The molecule has 2 N–H and O–H groups in total. The van der Waals surface area contributed by atoms with Crippen LogP contribution in [-0.4, -0.2) is 19.2 Å². The minimum absolute atomic E-state index is 0.203. The molecule has 4 nitrogen and oxygen atoms in total. The van der Waals surface area contributed by atoms with Crippen LogP contribution < -0.4 is 15.4 Å². The fourth-order valence-corrected chi connectivity index (χ4v) is 2.12. The summed E-state index contributed by atoms with van der Waals surface area (Å²) in [5, 5.41) is 4.62. The third-order valence-corrected chi connectivity index (χ3v) is 3.05. The number of benzene rings is 2. The molecule has 2 rings (SSSR count). The topological polar surface area (TPSA) is 50.4 Å². The number of halogens is 2. The van der Waals surface area contributed by atoms with Crippen molar-refractivity contribution < 1.29 is 18.3 Å². The van der Waals surface area contributed by atoms with Gasteiger partial charge >= 0.3 is 6.03 Å². The van der Waals surface area contributed by atoms with Crippen LogP contribution in [0.2, 0.25) is 0 Å². The van der Waals surface area contributed by atoms with Crippen LogP contribution in [0.4, 0.5) is 19.3 Å². The zero-order chi connectivity index (χ0) is 16.8. The van der Waals surface area contributed by atoms with Gasteiger partial charge in [-0.05, 0) is 49.2 Å². The van der Waals surface area contributed by atoms with Gasteiger partial charge in [0.1, 0.15) is 29.7 Å². The van der Waals surface area contributed by atoms with Gasteiger partial charge in [-0.25, -0.2) is 13.6 Å². The molecule has 2 aromatic rings. The molecule has 0 bridgehead atoms. The number of urea groups is 1. The van der Waals surface area contributed by atoms with E-state index in [1.807, 2.05) is 32.0 Å². The lowest BCUT2D eigenvalue weighted by Gasteiger charge is -2.11. The highest BCUT2D eigenvalue weighted by Crippen LogP contribution is 2.18. The molecule has 0 unspecified atom stereocenters. The second-order valence-electron chi connectivity index (χ2n) is 5.15. The molecule has 0 aliphatic heterocycles. The normalized spacial score (nSPS) is 10.3. The van der Waals surface area contributed by atoms with E-state index in [4.69, 9.17) is 4.74 Å². The summed E-state index contributed by atoms with van der Waals surface area (Å²) < 4.78 is 32.3. The van der Waals surface area contributed by atoms with Crippen molar-refractivity contribution in [3.63, 3.8) is 0 Å². The van der Waals surface area contributed by atoms with Crippen LogP contribution in [0, 0.1) is 25.5 Å². The smallest absolute Gasteiger partial charge is 0.319 e. The molecule has 0 aliphatic rings. The van der Waals surface area contributed by atoms with E-state index in [0.29, 0.717) is 5.75 Å². The highest BCUT2D eigenvalue weighted by molar-refractivity contribution is 5.89. The van der Waals surface area contributed by atoms with E-state index >= 15 is 0 Å². The zero-order valence-corrected chi connectivity index (χ0v) is 13.0. The van der Waals surface area contributed by atoms with E-state index in [2.05, 4.69) is 10.6 Å². The molecule has 122 valence electrons. The van der Waals surface area contributed by atoms with Crippen LogP contribution in [0.1, 0.15) is 11.1 Å². The molecule has 0 saturated carbocycles. The van der Waals surface area contributed by atoms with Crippen molar-refractivity contribution in [1.29, 1.82) is 0 Å². The number of nitrogens with one attached hydrogen (secondary N) is 2. The largest absolute Gasteiger partial charge is 0.492 e. The van der Waals surface area contributed by atoms with E-state index in [1.165, 1.54) is 6.07 Å². The second-order valence-corrected chi connectivity index (χ2v) is 5.15. The van der Waals surface area contributed by atoms with Crippen molar-refractivity contribution in [3.8, 4) is 5.75 Å². The average Bonchev–Trinajstić information content (AvgIpc) is 2.47. The van der Waals surface area contributed by atoms with Gasteiger partial charge in [0.05, 0.1) is 6.54 Å². The quantitative estimate of drug-likeness (QED) is 0.824. The summed E-state index contributed by atoms with van der Waals surface area (Å²) in [6, 6.07) is 8.48. The molecule has 0 atom stereocenters. The molecule has 0 spiro atoms. The number of amides is 2. The van der Waals surface area contributed by atoms with E-state index in [1.54, 1.807) is 0 Å². The second kappa shape index (κ2) is 7.58. The summed E-state index contributed by atoms with van der Waals surface area (Å²) in [7, 11) is 0. The van der Waals surface area contributed by atoms with Crippen molar-refractivity contribution in [2.75, 3.05) is 18.5 Å². The molecule has 0 aliphatic carbocycles.